The molecule has 4 aliphatic carbocycles. The number of carbonyl (C=O) groups excluding carboxylic acids is 1. The van der Waals surface area contributed by atoms with Crippen molar-refractivity contribution in [1.29, 1.82) is 0 Å². The third-order valence-electron chi connectivity index (χ3n) is 5.96. The fraction of sp³-hybridized carbons (Fsp3) is 0.933. The van der Waals surface area contributed by atoms with Crippen molar-refractivity contribution >= 4 is 16.1 Å². The number of alkyl halides is 4. The molecule has 144 valence electrons. The second-order valence-electron chi connectivity index (χ2n) is 7.79. The zero-order chi connectivity index (χ0) is 18.7. The monoisotopic (exact) mass is 388 g/mol. The van der Waals surface area contributed by atoms with E-state index in [1.165, 1.54) is 0 Å². The average molecular weight is 388 g/mol. The van der Waals surface area contributed by atoms with Gasteiger partial charge in [0.25, 0.3) is 0 Å². The molecule has 4 fully saturated rings. The Labute approximate surface area is 142 Å². The lowest BCUT2D eigenvalue weighted by Gasteiger charge is -2.55. The van der Waals surface area contributed by atoms with E-state index in [1.54, 1.807) is 0 Å². The van der Waals surface area contributed by atoms with Crippen LogP contribution in [0.25, 0.3) is 0 Å². The molecule has 4 rings (SSSR count). The SMILES string of the molecule is O=C(OCCC(F)(C(F)(F)F)S(=O)(=O)O)C12CC3CC(CC(C3)C1)C2. The fourth-order valence-electron chi connectivity index (χ4n) is 5.21. The van der Waals surface area contributed by atoms with E-state index < -0.39 is 45.7 Å². The molecule has 10 heteroatoms. The van der Waals surface area contributed by atoms with E-state index in [2.05, 4.69) is 0 Å². The Bertz CT molecular complexity index is 624. The second-order valence-corrected chi connectivity index (χ2v) is 9.38. The van der Waals surface area contributed by atoms with Gasteiger partial charge in [0.2, 0.25) is 0 Å². The molecule has 0 amide bonds. The molecule has 0 heterocycles. The molecule has 1 atom stereocenters. The van der Waals surface area contributed by atoms with Crippen LogP contribution in [0.15, 0.2) is 0 Å². The molecule has 0 spiro atoms. The van der Waals surface area contributed by atoms with Gasteiger partial charge in [0.15, 0.2) is 0 Å². The molecule has 1 N–H and O–H groups in total. The maximum absolute atomic E-state index is 13.9. The van der Waals surface area contributed by atoms with Crippen molar-refractivity contribution in [2.24, 2.45) is 23.2 Å². The third kappa shape index (κ3) is 3.15. The van der Waals surface area contributed by atoms with E-state index in [1.807, 2.05) is 0 Å². The Morgan fingerprint density at radius 3 is 1.84 bits per heavy atom. The third-order valence-corrected chi connectivity index (χ3v) is 7.21. The van der Waals surface area contributed by atoms with Crippen molar-refractivity contribution in [3.63, 3.8) is 0 Å². The summed E-state index contributed by atoms with van der Waals surface area (Å²) in [6, 6.07) is 0. The summed E-state index contributed by atoms with van der Waals surface area (Å²) < 4.78 is 87.0. The second kappa shape index (κ2) is 5.80. The average Bonchev–Trinajstić information content (AvgIpc) is 2.43. The Balaban J connectivity index is 1.65. The van der Waals surface area contributed by atoms with E-state index in [9.17, 15) is 30.8 Å². The Kier molecular flexibility index (Phi) is 4.38. The van der Waals surface area contributed by atoms with Crippen LogP contribution in [0.4, 0.5) is 17.6 Å². The van der Waals surface area contributed by atoms with Gasteiger partial charge in [-0.15, -0.1) is 0 Å². The molecule has 5 nitrogen and oxygen atoms in total. The van der Waals surface area contributed by atoms with Crippen molar-refractivity contribution in [3.05, 3.63) is 0 Å². The maximum Gasteiger partial charge on any atom is 0.439 e. The van der Waals surface area contributed by atoms with Gasteiger partial charge in [0.05, 0.1) is 12.0 Å². The van der Waals surface area contributed by atoms with Gasteiger partial charge in [-0.1, -0.05) is 0 Å². The van der Waals surface area contributed by atoms with Gasteiger partial charge in [-0.05, 0) is 56.3 Å². The zero-order valence-corrected chi connectivity index (χ0v) is 14.2. The summed E-state index contributed by atoms with van der Waals surface area (Å²) in [6.45, 7) is -1.06. The molecule has 0 saturated heterocycles. The highest BCUT2D eigenvalue weighted by atomic mass is 32.2. The Morgan fingerprint density at radius 1 is 1.04 bits per heavy atom. The van der Waals surface area contributed by atoms with Crippen LogP contribution in [0.1, 0.15) is 44.9 Å². The first-order valence-electron chi connectivity index (χ1n) is 8.26. The number of halogens is 4. The van der Waals surface area contributed by atoms with E-state index in [-0.39, 0.29) is 0 Å². The largest absolute Gasteiger partial charge is 0.465 e. The molecule has 4 aliphatic rings. The Hall–Kier alpha value is -0.900. The van der Waals surface area contributed by atoms with Crippen LogP contribution in [-0.2, 0) is 19.6 Å². The van der Waals surface area contributed by atoms with E-state index in [4.69, 9.17) is 9.29 Å². The normalized spacial score (nSPS) is 36.9. The molecular weight excluding hydrogens is 368 g/mol. The number of hydrogen-bond donors (Lipinski definition) is 1. The molecule has 0 aromatic rings. The summed E-state index contributed by atoms with van der Waals surface area (Å²) in [5, 5.41) is -4.85. The summed E-state index contributed by atoms with van der Waals surface area (Å²) in [5.41, 5.74) is -0.732. The van der Waals surface area contributed by atoms with E-state index >= 15 is 0 Å². The van der Waals surface area contributed by atoms with Gasteiger partial charge in [0, 0.05) is 6.42 Å². The van der Waals surface area contributed by atoms with Crippen molar-refractivity contribution in [3.8, 4) is 0 Å². The number of rotatable bonds is 5. The highest BCUT2D eigenvalue weighted by Gasteiger charge is 2.65. The lowest BCUT2D eigenvalue weighted by molar-refractivity contribution is -0.206. The smallest absolute Gasteiger partial charge is 0.439 e. The summed E-state index contributed by atoms with van der Waals surface area (Å²) >= 11 is 0. The van der Waals surface area contributed by atoms with Crippen LogP contribution in [0.2, 0.25) is 0 Å². The summed E-state index contributed by atoms with van der Waals surface area (Å²) in [4.78, 5) is 12.4. The summed E-state index contributed by atoms with van der Waals surface area (Å²) in [7, 11) is -6.05. The van der Waals surface area contributed by atoms with E-state index in [0.717, 1.165) is 19.3 Å². The minimum absolute atomic E-state index is 0.409. The van der Waals surface area contributed by atoms with Gasteiger partial charge in [-0.3, -0.25) is 9.35 Å². The van der Waals surface area contributed by atoms with E-state index in [0.29, 0.717) is 37.0 Å². The van der Waals surface area contributed by atoms with Crippen molar-refractivity contribution in [2.45, 2.75) is 56.1 Å². The first kappa shape index (κ1) is 18.9. The van der Waals surface area contributed by atoms with Crippen LogP contribution in [0.5, 0.6) is 0 Å². The molecule has 4 saturated carbocycles. The van der Waals surface area contributed by atoms with Gasteiger partial charge < -0.3 is 4.74 Å². The summed E-state index contributed by atoms with van der Waals surface area (Å²) in [5.74, 6) is 0.553. The lowest BCUT2D eigenvalue weighted by atomic mass is 9.49. The molecular formula is C15H20F4O5S. The van der Waals surface area contributed by atoms with Crippen LogP contribution >= 0.6 is 0 Å². The zero-order valence-electron chi connectivity index (χ0n) is 13.4. The first-order valence-corrected chi connectivity index (χ1v) is 9.70. The number of carbonyl (C=O) groups is 1. The minimum Gasteiger partial charge on any atom is -0.465 e. The molecule has 4 bridgehead atoms. The van der Waals surface area contributed by atoms with Gasteiger partial charge in [-0.2, -0.15) is 21.6 Å². The van der Waals surface area contributed by atoms with Crippen LogP contribution in [0, 0.1) is 23.2 Å². The standard InChI is InChI=1S/C15H20F4O5S/c16-14(15(17,18)19,25(21,22)23)1-2-24-12(20)13-6-9-3-10(7-13)5-11(4-9)8-13/h9-11H,1-8H2,(H,21,22,23). The van der Waals surface area contributed by atoms with Gasteiger partial charge in [-0.25, -0.2) is 4.39 Å². The Morgan fingerprint density at radius 2 is 1.48 bits per heavy atom. The van der Waals surface area contributed by atoms with Gasteiger partial charge >= 0.3 is 27.3 Å². The predicted molar refractivity (Wildman–Crippen MR) is 77.6 cm³/mol. The lowest BCUT2D eigenvalue weighted by Crippen LogP contribution is -2.51. The van der Waals surface area contributed by atoms with Crippen LogP contribution in [0.3, 0.4) is 0 Å². The summed E-state index contributed by atoms with van der Waals surface area (Å²) in [6.07, 6.45) is -2.49. The van der Waals surface area contributed by atoms with Crippen molar-refractivity contribution in [2.75, 3.05) is 6.61 Å². The quantitative estimate of drug-likeness (QED) is 0.444. The topological polar surface area (TPSA) is 80.7 Å². The molecule has 25 heavy (non-hydrogen) atoms. The predicted octanol–water partition coefficient (Wildman–Crippen LogP) is 3.25. The van der Waals surface area contributed by atoms with Gasteiger partial charge in [0.1, 0.15) is 0 Å². The highest BCUT2D eigenvalue weighted by molar-refractivity contribution is 7.87. The molecule has 0 aliphatic heterocycles. The number of hydrogen-bond acceptors (Lipinski definition) is 4. The fourth-order valence-corrected chi connectivity index (χ4v) is 5.84. The van der Waals surface area contributed by atoms with Crippen molar-refractivity contribution in [1.82, 2.24) is 0 Å². The first-order chi connectivity index (χ1) is 11.4. The molecule has 0 aromatic heterocycles. The minimum atomic E-state index is -6.05. The van der Waals surface area contributed by atoms with Crippen LogP contribution in [-0.4, -0.2) is 36.7 Å². The highest BCUT2D eigenvalue weighted by Crippen LogP contribution is 2.60. The number of esters is 1. The van der Waals surface area contributed by atoms with Crippen molar-refractivity contribution < 1.29 is 40.1 Å². The van der Waals surface area contributed by atoms with Crippen LogP contribution < -0.4 is 0 Å². The molecule has 0 aromatic carbocycles. The maximum atomic E-state index is 13.9. The molecule has 0 radical (unpaired) electrons. The molecule has 1 unspecified atom stereocenters. The number of ether oxygens (including phenoxy) is 1.